The number of pyridine rings is 1. The van der Waals surface area contributed by atoms with Crippen molar-refractivity contribution in [2.75, 3.05) is 0 Å². The average Bonchev–Trinajstić information content (AvgIpc) is 2.62. The van der Waals surface area contributed by atoms with Crippen LogP contribution in [0.25, 0.3) is 22.4 Å². The van der Waals surface area contributed by atoms with Crippen LogP contribution >= 0.6 is 23.2 Å². The number of halogens is 2. The van der Waals surface area contributed by atoms with Gasteiger partial charge in [-0.25, -0.2) is 0 Å². The summed E-state index contributed by atoms with van der Waals surface area (Å²) < 4.78 is 0. The van der Waals surface area contributed by atoms with Crippen LogP contribution < -0.4 is 5.56 Å². The third kappa shape index (κ3) is 3.53. The lowest BCUT2D eigenvalue weighted by atomic mass is 9.96. The Balaban J connectivity index is 2.32. The number of aromatic nitrogens is 1. The summed E-state index contributed by atoms with van der Waals surface area (Å²) in [4.78, 5) is 27.4. The molecule has 0 atom stereocenters. The highest BCUT2D eigenvalue weighted by Crippen LogP contribution is 2.34. The Morgan fingerprint density at radius 3 is 2.32 bits per heavy atom. The Hall–Kier alpha value is -2.36. The van der Waals surface area contributed by atoms with Crippen molar-refractivity contribution in [1.82, 2.24) is 4.98 Å². The second-order valence-electron chi connectivity index (χ2n) is 5.56. The maximum Gasteiger partial charge on any atom is 0.259 e. The Kier molecular flexibility index (Phi) is 5.07. The Morgan fingerprint density at radius 2 is 1.68 bits per heavy atom. The van der Waals surface area contributed by atoms with Crippen LogP contribution in [0.1, 0.15) is 23.7 Å². The second-order valence-corrected chi connectivity index (χ2v) is 6.41. The number of Topliss-reactive ketones (excluding diaryl/α,β-unsaturated/α-hetero) is 1. The number of hydrogen-bond acceptors (Lipinski definition) is 2. The number of nitrogens with one attached hydrogen (secondary N) is 1. The van der Waals surface area contributed by atoms with Gasteiger partial charge in [0, 0.05) is 27.6 Å². The Bertz CT molecular complexity index is 991. The number of rotatable bonds is 4. The maximum absolute atomic E-state index is 12.4. The van der Waals surface area contributed by atoms with Crippen molar-refractivity contribution in [3.8, 4) is 22.4 Å². The molecule has 3 nitrogen and oxygen atoms in total. The molecule has 0 saturated carbocycles. The smallest absolute Gasteiger partial charge is 0.259 e. The van der Waals surface area contributed by atoms with Crippen LogP contribution in [0, 0.1) is 0 Å². The van der Waals surface area contributed by atoms with E-state index in [1.165, 1.54) is 0 Å². The van der Waals surface area contributed by atoms with E-state index < -0.39 is 5.56 Å². The van der Waals surface area contributed by atoms with Crippen LogP contribution in [0.3, 0.4) is 0 Å². The number of ketones is 1. The fraction of sp³-hybridized carbons (Fsp3) is 0.100. The number of hydrogen-bond donors (Lipinski definition) is 1. The minimum Gasteiger partial charge on any atom is -0.321 e. The van der Waals surface area contributed by atoms with Crippen LogP contribution in [0.5, 0.6) is 0 Å². The van der Waals surface area contributed by atoms with E-state index >= 15 is 0 Å². The summed E-state index contributed by atoms with van der Waals surface area (Å²) in [6.45, 7) is 1.73. The third-order valence-corrected chi connectivity index (χ3v) is 4.54. The van der Waals surface area contributed by atoms with Gasteiger partial charge in [0.2, 0.25) is 0 Å². The lowest BCUT2D eigenvalue weighted by Gasteiger charge is -2.13. The van der Waals surface area contributed by atoms with Crippen molar-refractivity contribution in [2.45, 2.75) is 13.3 Å². The van der Waals surface area contributed by atoms with Crippen molar-refractivity contribution in [2.24, 2.45) is 0 Å². The summed E-state index contributed by atoms with van der Waals surface area (Å²) in [5.74, 6) is -0.206. The summed E-state index contributed by atoms with van der Waals surface area (Å²) in [7, 11) is 0. The van der Waals surface area contributed by atoms with E-state index in [4.69, 9.17) is 23.2 Å². The number of H-pyrrole nitrogens is 1. The van der Waals surface area contributed by atoms with Gasteiger partial charge in [0.25, 0.3) is 5.56 Å². The van der Waals surface area contributed by atoms with Crippen LogP contribution in [-0.4, -0.2) is 10.8 Å². The van der Waals surface area contributed by atoms with E-state index in [9.17, 15) is 9.59 Å². The lowest BCUT2D eigenvalue weighted by Crippen LogP contribution is -2.18. The highest BCUT2D eigenvalue weighted by atomic mass is 35.5. The third-order valence-electron chi connectivity index (χ3n) is 3.96. The van der Waals surface area contributed by atoms with Crippen molar-refractivity contribution < 1.29 is 4.79 Å². The lowest BCUT2D eigenvalue weighted by molar-refractivity contribution is 0.0987. The van der Waals surface area contributed by atoms with Gasteiger partial charge in [-0.2, -0.15) is 0 Å². The maximum atomic E-state index is 12.4. The van der Waals surface area contributed by atoms with Crippen molar-refractivity contribution in [1.29, 1.82) is 0 Å². The zero-order chi connectivity index (χ0) is 18.0. The van der Waals surface area contributed by atoms with Crippen LogP contribution in [-0.2, 0) is 0 Å². The summed E-state index contributed by atoms with van der Waals surface area (Å²) in [6, 6.07) is 16.1. The van der Waals surface area contributed by atoms with Crippen LogP contribution in [0.15, 0.2) is 59.4 Å². The Morgan fingerprint density at radius 1 is 1.00 bits per heavy atom. The first kappa shape index (κ1) is 17.5. The molecule has 0 saturated heterocycles. The largest absolute Gasteiger partial charge is 0.321 e. The molecule has 0 aliphatic heterocycles. The molecule has 0 bridgehead atoms. The first-order chi connectivity index (χ1) is 12.0. The fourth-order valence-corrected chi connectivity index (χ4v) is 3.02. The van der Waals surface area contributed by atoms with Gasteiger partial charge >= 0.3 is 0 Å². The SMILES string of the molecule is CCC(=O)c1cc(-c2ccc(Cl)cc2)c(-c2ccccc2Cl)[nH]c1=O. The molecule has 2 aromatic carbocycles. The molecule has 0 radical (unpaired) electrons. The zero-order valence-electron chi connectivity index (χ0n) is 13.5. The van der Waals surface area contributed by atoms with E-state index in [-0.39, 0.29) is 17.8 Å². The zero-order valence-corrected chi connectivity index (χ0v) is 15.0. The van der Waals surface area contributed by atoms with Gasteiger partial charge in [-0.3, -0.25) is 9.59 Å². The summed E-state index contributed by atoms with van der Waals surface area (Å²) in [5.41, 5.74) is 2.55. The van der Waals surface area contributed by atoms with E-state index in [1.807, 2.05) is 30.3 Å². The minimum absolute atomic E-state index is 0.142. The van der Waals surface area contributed by atoms with E-state index in [2.05, 4.69) is 4.98 Å². The van der Waals surface area contributed by atoms with E-state index in [1.54, 1.807) is 31.2 Å². The highest BCUT2D eigenvalue weighted by molar-refractivity contribution is 6.33. The van der Waals surface area contributed by atoms with Crippen LogP contribution in [0.2, 0.25) is 10.0 Å². The standard InChI is InChI=1S/C20H15Cl2NO2/c1-2-18(24)16-11-15(12-7-9-13(21)10-8-12)19(23-20(16)25)14-5-3-4-6-17(14)22/h3-11H,2H2,1H3,(H,23,25). The van der Waals surface area contributed by atoms with Gasteiger partial charge in [-0.1, -0.05) is 60.5 Å². The monoisotopic (exact) mass is 371 g/mol. The summed E-state index contributed by atoms with van der Waals surface area (Å²) in [6.07, 6.45) is 0.259. The second kappa shape index (κ2) is 7.26. The predicted molar refractivity (Wildman–Crippen MR) is 103 cm³/mol. The number of benzene rings is 2. The van der Waals surface area contributed by atoms with Crippen molar-refractivity contribution in [3.05, 3.63) is 80.6 Å². The molecule has 3 aromatic rings. The van der Waals surface area contributed by atoms with Crippen molar-refractivity contribution in [3.63, 3.8) is 0 Å². The van der Waals surface area contributed by atoms with E-state index in [0.717, 1.165) is 11.1 Å². The summed E-state index contributed by atoms with van der Waals surface area (Å²) >= 11 is 12.3. The molecular weight excluding hydrogens is 357 g/mol. The van der Waals surface area contributed by atoms with Gasteiger partial charge in [0.15, 0.2) is 5.78 Å². The molecule has 3 rings (SSSR count). The summed E-state index contributed by atoms with van der Waals surface area (Å²) in [5, 5.41) is 1.13. The first-order valence-corrected chi connectivity index (χ1v) is 8.58. The first-order valence-electron chi connectivity index (χ1n) is 7.82. The van der Waals surface area contributed by atoms with Crippen LogP contribution in [0.4, 0.5) is 0 Å². The van der Waals surface area contributed by atoms with Crippen molar-refractivity contribution >= 4 is 29.0 Å². The van der Waals surface area contributed by atoms with Gasteiger partial charge in [0.1, 0.15) is 0 Å². The molecule has 0 aliphatic carbocycles. The number of carbonyl (C=O) groups is 1. The molecule has 1 N–H and O–H groups in total. The Labute approximate surface area is 155 Å². The average molecular weight is 372 g/mol. The van der Waals surface area contributed by atoms with Gasteiger partial charge in [0.05, 0.1) is 11.3 Å². The molecule has 25 heavy (non-hydrogen) atoms. The highest BCUT2D eigenvalue weighted by Gasteiger charge is 2.17. The molecule has 0 fully saturated rings. The predicted octanol–water partition coefficient (Wildman–Crippen LogP) is 5.61. The molecule has 0 amide bonds. The quantitative estimate of drug-likeness (QED) is 0.606. The molecule has 1 aromatic heterocycles. The molecule has 0 aliphatic rings. The number of aromatic amines is 1. The molecule has 126 valence electrons. The fourth-order valence-electron chi connectivity index (χ4n) is 2.66. The molecule has 0 unspecified atom stereocenters. The van der Waals surface area contributed by atoms with Gasteiger partial charge in [-0.15, -0.1) is 0 Å². The minimum atomic E-state index is -0.417. The van der Waals surface area contributed by atoms with Gasteiger partial charge < -0.3 is 4.98 Å². The number of carbonyl (C=O) groups excluding carboxylic acids is 1. The topological polar surface area (TPSA) is 49.9 Å². The normalized spacial score (nSPS) is 10.7. The molecule has 1 heterocycles. The van der Waals surface area contributed by atoms with Gasteiger partial charge in [-0.05, 0) is 29.8 Å². The molecule has 5 heteroatoms. The molecule has 0 spiro atoms. The van der Waals surface area contributed by atoms with E-state index in [0.29, 0.717) is 21.3 Å². The molecular formula is C20H15Cl2NO2.